The topological polar surface area (TPSA) is 81.9 Å². The first-order valence-corrected chi connectivity index (χ1v) is 15.3. The third-order valence-corrected chi connectivity index (χ3v) is 8.55. The highest BCUT2D eigenvalue weighted by molar-refractivity contribution is 7.07. The maximum atomic E-state index is 14.1. The van der Waals surface area contributed by atoms with Crippen molar-refractivity contribution in [2.45, 2.75) is 25.7 Å². The van der Waals surface area contributed by atoms with Crippen LogP contribution in [-0.2, 0) is 17.6 Å². The molecule has 0 aliphatic carbocycles. The van der Waals surface area contributed by atoms with Gasteiger partial charge < -0.3 is 14.8 Å². The molecule has 1 amide bonds. The number of amides is 1. The number of carbonyl (C=O) groups is 1. The minimum atomic E-state index is -4.49. The number of thiazole rings is 1. The molecule has 0 unspecified atom stereocenters. The van der Waals surface area contributed by atoms with E-state index in [4.69, 9.17) is 9.47 Å². The number of carbonyl (C=O) groups excluding carboxylic acids is 1. The number of rotatable bonds is 8. The molecule has 47 heavy (non-hydrogen) atoms. The first kappa shape index (κ1) is 31.6. The van der Waals surface area contributed by atoms with E-state index in [1.807, 2.05) is 48.5 Å². The number of para-hydroxylation sites is 1. The molecule has 1 atom stereocenters. The van der Waals surface area contributed by atoms with Gasteiger partial charge in [-0.25, -0.2) is 4.99 Å². The van der Waals surface area contributed by atoms with Crippen LogP contribution in [0.2, 0.25) is 0 Å². The fourth-order valence-electron chi connectivity index (χ4n) is 5.36. The molecule has 1 aromatic heterocycles. The van der Waals surface area contributed by atoms with Gasteiger partial charge in [-0.2, -0.15) is 13.2 Å². The minimum absolute atomic E-state index is 0.0592. The van der Waals surface area contributed by atoms with Gasteiger partial charge in [-0.05, 0) is 66.6 Å². The van der Waals surface area contributed by atoms with Crippen LogP contribution < -0.4 is 29.7 Å². The number of nitrogens with one attached hydrogen (secondary N) is 1. The number of alkyl halides is 3. The van der Waals surface area contributed by atoms with Gasteiger partial charge in [0.1, 0.15) is 18.1 Å². The Morgan fingerprint density at radius 1 is 0.979 bits per heavy atom. The Bertz CT molecular complexity index is 2160. The first-order valence-electron chi connectivity index (χ1n) is 14.5. The zero-order valence-corrected chi connectivity index (χ0v) is 26.1. The molecule has 0 saturated carbocycles. The van der Waals surface area contributed by atoms with Crippen LogP contribution in [0, 0.1) is 0 Å². The van der Waals surface area contributed by atoms with Crippen LogP contribution in [0.3, 0.4) is 0 Å². The van der Waals surface area contributed by atoms with Crippen molar-refractivity contribution >= 4 is 29.0 Å². The molecule has 7 nitrogen and oxygen atoms in total. The number of hydrogen-bond acceptors (Lipinski definition) is 6. The van der Waals surface area contributed by atoms with Crippen molar-refractivity contribution in [3.63, 3.8) is 0 Å². The third kappa shape index (κ3) is 6.75. The number of nitrogens with zero attached hydrogens (tertiary/aromatic N) is 2. The number of halogens is 3. The molecule has 11 heteroatoms. The summed E-state index contributed by atoms with van der Waals surface area (Å²) in [7, 11) is 1.48. The van der Waals surface area contributed by atoms with Crippen LogP contribution in [0.1, 0.15) is 35.2 Å². The van der Waals surface area contributed by atoms with Crippen molar-refractivity contribution in [2.24, 2.45) is 4.99 Å². The lowest BCUT2D eigenvalue weighted by Crippen LogP contribution is -2.40. The summed E-state index contributed by atoms with van der Waals surface area (Å²) < 4.78 is 52.6. The number of allylic oxidation sites excluding steroid dienone is 1. The van der Waals surface area contributed by atoms with E-state index in [0.717, 1.165) is 17.7 Å². The second-order valence-corrected chi connectivity index (χ2v) is 11.7. The Hall–Kier alpha value is -5.42. The van der Waals surface area contributed by atoms with E-state index < -0.39 is 17.8 Å². The van der Waals surface area contributed by atoms with Gasteiger partial charge in [0.15, 0.2) is 4.80 Å². The third-order valence-electron chi connectivity index (χ3n) is 7.57. The molecule has 1 N–H and O–H groups in total. The Morgan fingerprint density at radius 3 is 2.40 bits per heavy atom. The fraction of sp³-hybridized carbons (Fsp3) is 0.139. The molecule has 0 radical (unpaired) electrons. The van der Waals surface area contributed by atoms with Crippen LogP contribution in [0.4, 0.5) is 18.9 Å². The lowest BCUT2D eigenvalue weighted by molar-refractivity contribution is -0.137. The number of fused-ring (bicyclic) bond motifs is 1. The average molecular weight is 656 g/mol. The van der Waals surface area contributed by atoms with Crippen molar-refractivity contribution in [1.29, 1.82) is 0 Å². The quantitative estimate of drug-likeness (QED) is 0.208. The smallest absolute Gasteiger partial charge is 0.416 e. The summed E-state index contributed by atoms with van der Waals surface area (Å²) in [5.41, 5.74) is 2.32. The molecule has 4 aromatic carbocycles. The molecule has 6 rings (SSSR count). The molecule has 0 bridgehead atoms. The van der Waals surface area contributed by atoms with Crippen molar-refractivity contribution in [3.05, 3.63) is 156 Å². The summed E-state index contributed by atoms with van der Waals surface area (Å²) in [6, 6.07) is 27.6. The van der Waals surface area contributed by atoms with Gasteiger partial charge in [-0.1, -0.05) is 72.0 Å². The number of benzene rings is 4. The first-order chi connectivity index (χ1) is 22.6. The van der Waals surface area contributed by atoms with Gasteiger partial charge >= 0.3 is 6.18 Å². The highest BCUT2D eigenvalue weighted by Gasteiger charge is 2.33. The average Bonchev–Trinajstić information content (AvgIpc) is 3.37. The van der Waals surface area contributed by atoms with E-state index in [-0.39, 0.29) is 23.8 Å². The van der Waals surface area contributed by atoms with E-state index in [9.17, 15) is 22.8 Å². The zero-order valence-electron chi connectivity index (χ0n) is 25.2. The van der Waals surface area contributed by atoms with E-state index in [1.54, 1.807) is 47.9 Å². The van der Waals surface area contributed by atoms with E-state index in [0.29, 0.717) is 43.2 Å². The van der Waals surface area contributed by atoms with Crippen molar-refractivity contribution in [1.82, 2.24) is 4.57 Å². The monoisotopic (exact) mass is 655 g/mol. The van der Waals surface area contributed by atoms with Crippen LogP contribution in [-0.4, -0.2) is 17.6 Å². The Morgan fingerprint density at radius 2 is 1.70 bits per heavy atom. The predicted octanol–water partition coefficient (Wildman–Crippen LogP) is 6.48. The van der Waals surface area contributed by atoms with E-state index in [1.165, 1.54) is 30.6 Å². The lowest BCUT2D eigenvalue weighted by atomic mass is 9.95. The van der Waals surface area contributed by atoms with Gasteiger partial charge in [0, 0.05) is 11.3 Å². The summed E-state index contributed by atoms with van der Waals surface area (Å²) in [5, 5.41) is 2.93. The van der Waals surface area contributed by atoms with Crippen LogP contribution in [0.25, 0.3) is 6.08 Å². The minimum Gasteiger partial charge on any atom is -0.496 e. The number of aromatic nitrogens is 1. The van der Waals surface area contributed by atoms with Crippen LogP contribution in [0.15, 0.2) is 124 Å². The molecule has 0 spiro atoms. The maximum absolute atomic E-state index is 14.1. The molecule has 5 aromatic rings. The summed E-state index contributed by atoms with van der Waals surface area (Å²) in [6.07, 6.45) is -2.78. The lowest BCUT2D eigenvalue weighted by Gasteiger charge is -2.25. The Balaban J connectivity index is 1.37. The molecule has 238 valence electrons. The molecule has 0 fully saturated rings. The summed E-state index contributed by atoms with van der Waals surface area (Å²) in [4.78, 5) is 32.9. The molecule has 2 heterocycles. The molecular weight excluding hydrogens is 627 g/mol. The summed E-state index contributed by atoms with van der Waals surface area (Å²) >= 11 is 1.20. The van der Waals surface area contributed by atoms with Crippen molar-refractivity contribution < 1.29 is 27.4 Å². The largest absolute Gasteiger partial charge is 0.496 e. The van der Waals surface area contributed by atoms with Gasteiger partial charge in [-0.3, -0.25) is 14.2 Å². The van der Waals surface area contributed by atoms with E-state index in [2.05, 4.69) is 10.3 Å². The van der Waals surface area contributed by atoms with Crippen LogP contribution in [0.5, 0.6) is 11.5 Å². The summed E-state index contributed by atoms with van der Waals surface area (Å²) in [5.74, 6) is 0.175. The highest BCUT2D eigenvalue weighted by Crippen LogP contribution is 2.33. The number of methoxy groups -OCH3 is 1. The van der Waals surface area contributed by atoms with Gasteiger partial charge in [0.2, 0.25) is 0 Å². The molecule has 0 saturated heterocycles. The molecule has 1 aliphatic rings. The second kappa shape index (κ2) is 13.1. The normalized spacial score (nSPS) is 14.7. The number of ether oxygens (including phenoxy) is 2. The van der Waals surface area contributed by atoms with Gasteiger partial charge in [0.05, 0.1) is 34.5 Å². The van der Waals surface area contributed by atoms with Crippen molar-refractivity contribution in [3.8, 4) is 11.5 Å². The molecule has 1 aliphatic heterocycles. The van der Waals surface area contributed by atoms with Gasteiger partial charge in [-0.15, -0.1) is 0 Å². The van der Waals surface area contributed by atoms with E-state index >= 15 is 0 Å². The zero-order chi connectivity index (χ0) is 33.1. The maximum Gasteiger partial charge on any atom is 0.416 e. The highest BCUT2D eigenvalue weighted by atomic mass is 32.1. The van der Waals surface area contributed by atoms with Crippen LogP contribution >= 0.6 is 11.3 Å². The Labute approximate surface area is 271 Å². The summed E-state index contributed by atoms with van der Waals surface area (Å²) in [6.45, 7) is 1.69. The van der Waals surface area contributed by atoms with Crippen molar-refractivity contribution in [2.75, 3.05) is 12.4 Å². The Kier molecular flexibility index (Phi) is 8.82. The predicted molar refractivity (Wildman–Crippen MR) is 174 cm³/mol. The standard InChI is InChI=1S/C36H28F3N3O4S/c1-22-31(33(43)41-27-13-7-4-8-14-27)32(24-10-5-3-6-11-24)42-34(44)30(47-35(42)40-22)19-23-16-17-29(45-2)25(18-23)21-46-28-15-9-12-26(20-28)36(37,38)39/h3-20,32H,21H2,1-2H3,(H,41,43)/b30-19-/t32-/m1/s1. The molecular formula is C36H28F3N3O4S. The van der Waals surface area contributed by atoms with Gasteiger partial charge in [0.25, 0.3) is 11.5 Å². The second-order valence-electron chi connectivity index (χ2n) is 10.7. The number of hydrogen-bond donors (Lipinski definition) is 1. The fourth-order valence-corrected chi connectivity index (χ4v) is 6.40. The number of anilines is 1. The SMILES string of the molecule is COc1ccc(/C=c2\sc3n(c2=O)[C@H](c2ccccc2)C(C(=O)Nc2ccccc2)=C(C)N=3)cc1COc1cccc(C(F)(F)F)c1.